The lowest BCUT2D eigenvalue weighted by molar-refractivity contribution is -0.122. The molecular weight excluding hydrogens is 278 g/mol. The molecule has 22 heavy (non-hydrogen) atoms. The molecule has 5 heteroatoms. The minimum Gasteiger partial charge on any atom is -0.326 e. The van der Waals surface area contributed by atoms with E-state index in [1.165, 1.54) is 0 Å². The molecule has 1 N–H and O–H groups in total. The largest absolute Gasteiger partial charge is 0.326 e. The number of amides is 2. The maximum absolute atomic E-state index is 12.4. The van der Waals surface area contributed by atoms with Crippen LogP contribution >= 0.6 is 0 Å². The van der Waals surface area contributed by atoms with Crippen molar-refractivity contribution in [2.24, 2.45) is 5.92 Å². The Labute approximate surface area is 129 Å². The molecule has 2 heterocycles. The van der Waals surface area contributed by atoms with Crippen molar-refractivity contribution in [3.8, 4) is 0 Å². The molecule has 1 aliphatic heterocycles. The van der Waals surface area contributed by atoms with Gasteiger partial charge in [-0.3, -0.25) is 14.6 Å². The zero-order valence-electron chi connectivity index (χ0n) is 12.3. The van der Waals surface area contributed by atoms with E-state index in [1.54, 1.807) is 23.4 Å². The van der Waals surface area contributed by atoms with Crippen LogP contribution in [0.25, 0.3) is 0 Å². The Morgan fingerprint density at radius 3 is 2.82 bits per heavy atom. The van der Waals surface area contributed by atoms with Crippen molar-refractivity contribution in [3.63, 3.8) is 0 Å². The van der Waals surface area contributed by atoms with Gasteiger partial charge in [-0.05, 0) is 30.7 Å². The molecule has 0 radical (unpaired) electrons. The van der Waals surface area contributed by atoms with Gasteiger partial charge in [0.2, 0.25) is 11.8 Å². The van der Waals surface area contributed by atoms with E-state index in [4.69, 9.17) is 0 Å². The van der Waals surface area contributed by atoms with E-state index in [0.29, 0.717) is 6.54 Å². The first-order chi connectivity index (χ1) is 10.6. The summed E-state index contributed by atoms with van der Waals surface area (Å²) in [7, 11) is 0. The predicted molar refractivity (Wildman–Crippen MR) is 84.5 cm³/mol. The molecule has 1 fully saturated rings. The van der Waals surface area contributed by atoms with Crippen molar-refractivity contribution < 1.29 is 9.59 Å². The molecule has 112 valence electrons. The van der Waals surface area contributed by atoms with Crippen LogP contribution in [0.5, 0.6) is 0 Å². The van der Waals surface area contributed by atoms with E-state index < -0.39 is 0 Å². The number of carbonyl (C=O) groups excluding carboxylic acids is 2. The maximum atomic E-state index is 12.4. The molecule has 1 atom stereocenters. The standard InChI is InChI=1S/C17H17N3O2/c1-12-5-2-3-7-15(12)19-17(22)13-9-16(21)20(11-13)14-6-4-8-18-10-14/h2-8,10,13H,9,11H2,1H3,(H,19,22). The van der Waals surface area contributed by atoms with Gasteiger partial charge >= 0.3 is 0 Å². The number of anilines is 2. The number of carbonyl (C=O) groups is 2. The van der Waals surface area contributed by atoms with Crippen molar-refractivity contribution in [2.45, 2.75) is 13.3 Å². The lowest BCUT2D eigenvalue weighted by Gasteiger charge is -2.16. The smallest absolute Gasteiger partial charge is 0.229 e. The van der Waals surface area contributed by atoms with Gasteiger partial charge in [-0.2, -0.15) is 0 Å². The number of pyridine rings is 1. The number of benzene rings is 1. The van der Waals surface area contributed by atoms with E-state index in [2.05, 4.69) is 10.3 Å². The Bertz CT molecular complexity index is 700. The minimum atomic E-state index is -0.340. The number of para-hydroxylation sites is 1. The lowest BCUT2D eigenvalue weighted by atomic mass is 10.1. The summed E-state index contributed by atoms with van der Waals surface area (Å²) in [6.45, 7) is 2.33. The number of aryl methyl sites for hydroxylation is 1. The highest BCUT2D eigenvalue weighted by atomic mass is 16.2. The van der Waals surface area contributed by atoms with Gasteiger partial charge in [0.05, 0.1) is 17.8 Å². The first-order valence-electron chi connectivity index (χ1n) is 7.22. The summed E-state index contributed by atoms with van der Waals surface area (Å²) in [6.07, 6.45) is 3.53. The van der Waals surface area contributed by atoms with Crippen LogP contribution in [0.1, 0.15) is 12.0 Å². The van der Waals surface area contributed by atoms with Gasteiger partial charge in [-0.15, -0.1) is 0 Å². The van der Waals surface area contributed by atoms with Gasteiger partial charge in [-0.1, -0.05) is 18.2 Å². The Morgan fingerprint density at radius 2 is 2.09 bits per heavy atom. The average molecular weight is 295 g/mol. The summed E-state index contributed by atoms with van der Waals surface area (Å²) < 4.78 is 0. The van der Waals surface area contributed by atoms with E-state index in [9.17, 15) is 9.59 Å². The molecule has 1 saturated heterocycles. The molecule has 2 aromatic rings. The molecule has 2 amide bonds. The quantitative estimate of drug-likeness (QED) is 0.945. The summed E-state index contributed by atoms with van der Waals surface area (Å²) >= 11 is 0. The molecule has 1 aromatic carbocycles. The second-order valence-electron chi connectivity index (χ2n) is 5.42. The normalized spacial score (nSPS) is 17.6. The molecule has 3 rings (SSSR count). The Hall–Kier alpha value is -2.69. The van der Waals surface area contributed by atoms with E-state index in [-0.39, 0.29) is 24.2 Å². The van der Waals surface area contributed by atoms with Crippen molar-refractivity contribution in [1.29, 1.82) is 0 Å². The zero-order valence-corrected chi connectivity index (χ0v) is 12.3. The first-order valence-corrected chi connectivity index (χ1v) is 7.22. The first kappa shape index (κ1) is 14.3. The van der Waals surface area contributed by atoms with Crippen LogP contribution in [0.2, 0.25) is 0 Å². The number of hydrogen-bond acceptors (Lipinski definition) is 3. The van der Waals surface area contributed by atoms with Gasteiger partial charge in [-0.25, -0.2) is 0 Å². The molecule has 1 aromatic heterocycles. The van der Waals surface area contributed by atoms with E-state index in [1.807, 2.05) is 37.3 Å². The van der Waals surface area contributed by atoms with Crippen molar-refractivity contribution in [2.75, 3.05) is 16.8 Å². The van der Waals surface area contributed by atoms with Crippen molar-refractivity contribution >= 4 is 23.2 Å². The highest BCUT2D eigenvalue weighted by Crippen LogP contribution is 2.25. The van der Waals surface area contributed by atoms with Crippen molar-refractivity contribution in [3.05, 3.63) is 54.4 Å². The third-order valence-corrected chi connectivity index (χ3v) is 3.86. The Kier molecular flexibility index (Phi) is 3.87. The summed E-state index contributed by atoms with van der Waals surface area (Å²) in [5.74, 6) is -0.501. The van der Waals surface area contributed by atoms with Crippen LogP contribution in [0.4, 0.5) is 11.4 Å². The third-order valence-electron chi connectivity index (χ3n) is 3.86. The summed E-state index contributed by atoms with van der Waals surface area (Å²) in [4.78, 5) is 30.1. The topological polar surface area (TPSA) is 62.3 Å². The summed E-state index contributed by atoms with van der Waals surface area (Å²) in [5.41, 5.74) is 2.53. The van der Waals surface area contributed by atoms with Crippen LogP contribution in [-0.2, 0) is 9.59 Å². The number of nitrogens with zero attached hydrogens (tertiary/aromatic N) is 2. The van der Waals surface area contributed by atoms with Gasteiger partial charge in [0, 0.05) is 24.8 Å². The Morgan fingerprint density at radius 1 is 1.27 bits per heavy atom. The van der Waals surface area contributed by atoms with Crippen molar-refractivity contribution in [1.82, 2.24) is 4.98 Å². The molecular formula is C17H17N3O2. The second kappa shape index (κ2) is 5.97. The average Bonchev–Trinajstić information content (AvgIpc) is 2.92. The van der Waals surface area contributed by atoms with E-state index >= 15 is 0 Å². The highest BCUT2D eigenvalue weighted by molar-refractivity contribution is 6.03. The van der Waals surface area contributed by atoms with Crippen LogP contribution in [0.15, 0.2) is 48.8 Å². The monoisotopic (exact) mass is 295 g/mol. The predicted octanol–water partition coefficient (Wildman–Crippen LogP) is 2.38. The van der Waals surface area contributed by atoms with Crippen LogP contribution in [0.3, 0.4) is 0 Å². The summed E-state index contributed by atoms with van der Waals surface area (Å²) in [5, 5.41) is 2.91. The molecule has 0 bridgehead atoms. The van der Waals surface area contributed by atoms with Crippen LogP contribution in [-0.4, -0.2) is 23.3 Å². The molecule has 0 aliphatic carbocycles. The maximum Gasteiger partial charge on any atom is 0.229 e. The fourth-order valence-electron chi connectivity index (χ4n) is 2.59. The lowest BCUT2D eigenvalue weighted by Crippen LogP contribution is -2.28. The number of nitrogens with one attached hydrogen (secondary N) is 1. The zero-order chi connectivity index (χ0) is 15.5. The summed E-state index contributed by atoms with van der Waals surface area (Å²) in [6, 6.07) is 11.2. The van der Waals surface area contributed by atoms with Gasteiger partial charge in [0.15, 0.2) is 0 Å². The SMILES string of the molecule is Cc1ccccc1NC(=O)C1CC(=O)N(c2cccnc2)C1. The number of hydrogen-bond donors (Lipinski definition) is 1. The van der Waals surface area contributed by atoms with Gasteiger partial charge in [0.25, 0.3) is 0 Å². The molecule has 0 spiro atoms. The molecule has 1 unspecified atom stereocenters. The van der Waals surface area contributed by atoms with Gasteiger partial charge in [0.1, 0.15) is 0 Å². The fourth-order valence-corrected chi connectivity index (χ4v) is 2.59. The highest BCUT2D eigenvalue weighted by Gasteiger charge is 2.35. The Balaban J connectivity index is 1.71. The molecule has 5 nitrogen and oxygen atoms in total. The van der Waals surface area contributed by atoms with E-state index in [0.717, 1.165) is 16.9 Å². The minimum absolute atomic E-state index is 0.0436. The van der Waals surface area contributed by atoms with Gasteiger partial charge < -0.3 is 10.2 Å². The third kappa shape index (κ3) is 2.83. The van der Waals surface area contributed by atoms with Crippen LogP contribution < -0.4 is 10.2 Å². The number of aromatic nitrogens is 1. The molecule has 1 aliphatic rings. The second-order valence-corrected chi connectivity index (χ2v) is 5.42. The number of rotatable bonds is 3. The molecule has 0 saturated carbocycles. The van der Waals surface area contributed by atoms with Crippen LogP contribution in [0, 0.1) is 12.8 Å². The fraction of sp³-hybridized carbons (Fsp3) is 0.235.